The van der Waals surface area contributed by atoms with Crippen LogP contribution in [0.1, 0.15) is 29.3 Å². The van der Waals surface area contributed by atoms with Gasteiger partial charge in [0.25, 0.3) is 5.91 Å². The first kappa shape index (κ1) is 25.2. The van der Waals surface area contributed by atoms with E-state index < -0.39 is 23.5 Å². The number of benzene rings is 2. The first-order valence-electron chi connectivity index (χ1n) is 10.5. The maximum absolute atomic E-state index is 12.7. The van der Waals surface area contributed by atoms with Crippen LogP contribution in [0.4, 0.5) is 11.4 Å². The topological polar surface area (TPSA) is 127 Å². The number of rotatable bonds is 10. The summed E-state index contributed by atoms with van der Waals surface area (Å²) in [5, 5.41) is 4.82. The molecule has 3 aromatic rings. The molecule has 0 radical (unpaired) electrons. The molecule has 33 heavy (non-hydrogen) atoms. The molecule has 2 atom stereocenters. The lowest BCUT2D eigenvalue weighted by molar-refractivity contribution is 0.102. The number of hydrogen-bond acceptors (Lipinski definition) is 6. The minimum absolute atomic E-state index is 0.0106. The van der Waals surface area contributed by atoms with Crippen molar-refractivity contribution in [3.05, 3.63) is 71.1 Å². The normalized spacial score (nSPS) is 13.4. The van der Waals surface area contributed by atoms with Gasteiger partial charge in [-0.15, -0.1) is 11.3 Å². The highest BCUT2D eigenvalue weighted by molar-refractivity contribution is 7.91. The number of anilines is 2. The summed E-state index contributed by atoms with van der Waals surface area (Å²) in [6, 6.07) is 16.1. The molecule has 1 aromatic heterocycles. The molecular weight excluding hydrogens is 479 g/mol. The Balaban J connectivity index is 1.68. The van der Waals surface area contributed by atoms with E-state index in [1.165, 1.54) is 0 Å². The third-order valence-corrected chi connectivity index (χ3v) is 9.22. The van der Waals surface area contributed by atoms with Crippen LogP contribution in [0.25, 0.3) is 10.4 Å². The van der Waals surface area contributed by atoms with Crippen molar-refractivity contribution in [3.8, 4) is 10.4 Å². The zero-order valence-corrected chi connectivity index (χ0v) is 20.8. The average Bonchev–Trinajstić information content (AvgIpc) is 3.33. The summed E-state index contributed by atoms with van der Waals surface area (Å²) in [7, 11) is -6.11. The van der Waals surface area contributed by atoms with E-state index >= 15 is 0 Å². The van der Waals surface area contributed by atoms with Crippen LogP contribution in [0.2, 0.25) is 0 Å². The van der Waals surface area contributed by atoms with Crippen LogP contribution in [0.3, 0.4) is 0 Å². The van der Waals surface area contributed by atoms with E-state index in [1.807, 2.05) is 29.6 Å². The Morgan fingerprint density at radius 2 is 1.91 bits per heavy atom. The van der Waals surface area contributed by atoms with Crippen LogP contribution in [-0.2, 0) is 20.8 Å². The third kappa shape index (κ3) is 7.01. The summed E-state index contributed by atoms with van der Waals surface area (Å²) < 4.78 is 35.2. The quantitative estimate of drug-likeness (QED) is 0.275. The molecule has 1 amide bonds. The fourth-order valence-corrected chi connectivity index (χ4v) is 5.98. The average molecular weight is 507 g/mol. The van der Waals surface area contributed by atoms with Crippen LogP contribution < -0.4 is 11.1 Å². The van der Waals surface area contributed by atoms with Gasteiger partial charge in [-0.25, -0.2) is 8.42 Å². The highest BCUT2D eigenvalue weighted by Gasteiger charge is 2.19. The smallest absolute Gasteiger partial charge is 0.255 e. The van der Waals surface area contributed by atoms with E-state index in [0.717, 1.165) is 16.0 Å². The van der Waals surface area contributed by atoms with E-state index in [2.05, 4.69) is 5.32 Å². The minimum Gasteiger partial charge on any atom is -0.397 e. The van der Waals surface area contributed by atoms with Crippen LogP contribution >= 0.6 is 19.4 Å². The summed E-state index contributed by atoms with van der Waals surface area (Å²) in [5.74, 6) is -0.424. The van der Waals surface area contributed by atoms with Gasteiger partial charge in [-0.2, -0.15) is 0 Å². The van der Waals surface area contributed by atoms with E-state index in [0.29, 0.717) is 16.9 Å². The van der Waals surface area contributed by atoms with Gasteiger partial charge < -0.3 is 15.9 Å². The predicted molar refractivity (Wildman–Crippen MR) is 136 cm³/mol. The summed E-state index contributed by atoms with van der Waals surface area (Å²) in [4.78, 5) is 23.4. The molecule has 1 heterocycles. The summed E-state index contributed by atoms with van der Waals surface area (Å²) in [6.07, 6.45) is 0.401. The van der Waals surface area contributed by atoms with Crippen molar-refractivity contribution >= 4 is 46.5 Å². The van der Waals surface area contributed by atoms with Crippen LogP contribution in [0.15, 0.2) is 60.0 Å². The summed E-state index contributed by atoms with van der Waals surface area (Å²) in [5.41, 5.74) is 8.53. The lowest BCUT2D eigenvalue weighted by atomic mass is 10.1. The Bertz CT molecular complexity index is 1230. The molecule has 2 unspecified atom stereocenters. The molecule has 176 valence electrons. The Labute approximate surface area is 198 Å². The van der Waals surface area contributed by atoms with Crippen molar-refractivity contribution in [1.82, 2.24) is 0 Å². The van der Waals surface area contributed by atoms with Crippen molar-refractivity contribution in [2.75, 3.05) is 22.6 Å². The number of nitrogens with two attached hydrogens (primary N) is 1. The Kier molecular flexibility index (Phi) is 8.48. The number of sulfone groups is 1. The number of amides is 1. The van der Waals surface area contributed by atoms with E-state index in [4.69, 9.17) is 5.73 Å². The summed E-state index contributed by atoms with van der Waals surface area (Å²) in [6.45, 7) is 1.56. The van der Waals surface area contributed by atoms with Gasteiger partial charge in [0.05, 0.1) is 17.1 Å². The number of thiophene rings is 1. The second kappa shape index (κ2) is 11.1. The number of carbonyl (C=O) groups excluding carboxylic acids is 1. The fourth-order valence-electron chi connectivity index (χ4n) is 3.31. The Hall–Kier alpha value is -2.45. The molecule has 0 saturated carbocycles. The molecule has 0 bridgehead atoms. The van der Waals surface area contributed by atoms with Crippen molar-refractivity contribution in [2.45, 2.75) is 25.4 Å². The molecule has 0 saturated heterocycles. The van der Waals surface area contributed by atoms with Crippen LogP contribution in [-0.4, -0.2) is 36.4 Å². The van der Waals surface area contributed by atoms with E-state index in [-0.39, 0.29) is 30.3 Å². The molecule has 0 spiro atoms. The zero-order valence-electron chi connectivity index (χ0n) is 18.2. The van der Waals surface area contributed by atoms with Crippen LogP contribution in [0, 0.1) is 0 Å². The van der Waals surface area contributed by atoms with E-state index in [9.17, 15) is 22.7 Å². The Morgan fingerprint density at radius 1 is 1.18 bits per heavy atom. The van der Waals surface area contributed by atoms with Gasteiger partial charge in [0, 0.05) is 21.9 Å². The number of nitrogen functional groups attached to an aromatic ring is 1. The van der Waals surface area contributed by atoms with Gasteiger partial charge in [-0.3, -0.25) is 9.36 Å². The van der Waals surface area contributed by atoms with Gasteiger partial charge in [0.2, 0.25) is 0 Å². The third-order valence-electron chi connectivity index (χ3n) is 5.37. The maximum Gasteiger partial charge on any atom is 0.255 e. The Morgan fingerprint density at radius 3 is 2.52 bits per heavy atom. The first-order chi connectivity index (χ1) is 15.7. The largest absolute Gasteiger partial charge is 0.397 e. The molecule has 0 aliphatic heterocycles. The molecule has 0 fully saturated rings. The summed E-state index contributed by atoms with van der Waals surface area (Å²) >= 11 is 1.60. The minimum atomic E-state index is -3.21. The number of hydrogen-bond donors (Lipinski definition) is 3. The van der Waals surface area contributed by atoms with Crippen molar-refractivity contribution in [2.24, 2.45) is 0 Å². The molecule has 10 heteroatoms. The fraction of sp³-hybridized carbons (Fsp3) is 0.261. The number of nitrogens with one attached hydrogen (secondary N) is 1. The molecule has 0 aliphatic rings. The second-order valence-corrected chi connectivity index (χ2v) is 12.6. The van der Waals surface area contributed by atoms with Gasteiger partial charge >= 0.3 is 0 Å². The van der Waals surface area contributed by atoms with Crippen LogP contribution in [0.5, 0.6) is 0 Å². The van der Waals surface area contributed by atoms with Crippen molar-refractivity contribution in [3.63, 3.8) is 0 Å². The zero-order chi connectivity index (χ0) is 24.0. The van der Waals surface area contributed by atoms with Gasteiger partial charge in [-0.05, 0) is 59.7 Å². The van der Waals surface area contributed by atoms with Crippen molar-refractivity contribution < 1.29 is 22.7 Å². The SMILES string of the molecule is CCS(=O)(=O)CCC(Cc1ccc(C(=O)Nc2cc(-c3cccs3)ccc2N)cc1)[PH](=O)O. The van der Waals surface area contributed by atoms with Gasteiger partial charge in [0.15, 0.2) is 8.03 Å². The van der Waals surface area contributed by atoms with Crippen molar-refractivity contribution in [1.29, 1.82) is 0 Å². The number of carbonyl (C=O) groups is 1. The maximum atomic E-state index is 12.7. The van der Waals surface area contributed by atoms with Gasteiger partial charge in [-0.1, -0.05) is 31.2 Å². The second-order valence-electron chi connectivity index (χ2n) is 7.69. The molecule has 7 nitrogen and oxygen atoms in total. The van der Waals surface area contributed by atoms with Gasteiger partial charge in [0.1, 0.15) is 9.84 Å². The van der Waals surface area contributed by atoms with E-state index in [1.54, 1.807) is 48.6 Å². The lowest BCUT2D eigenvalue weighted by Crippen LogP contribution is -2.16. The molecule has 4 N–H and O–H groups in total. The first-order valence-corrected chi connectivity index (χ1v) is 14.6. The molecule has 0 aliphatic carbocycles. The predicted octanol–water partition coefficient (Wildman–Crippen LogP) is 4.45. The highest BCUT2D eigenvalue weighted by atomic mass is 32.2. The molecule has 3 rings (SSSR count). The monoisotopic (exact) mass is 506 g/mol. The highest BCUT2D eigenvalue weighted by Crippen LogP contribution is 2.31. The molecular formula is C23H27N2O5PS2. The lowest BCUT2D eigenvalue weighted by Gasteiger charge is -2.14. The standard InChI is InChI=1S/C23H27N2O5PS2/c1-2-33(29,30)13-11-19(31(27)28)14-16-5-7-17(8-6-16)23(26)25-21-15-18(9-10-20(21)24)22-4-3-12-32-22/h3-10,12,15,19,31H,2,11,13-14,24H2,1H3,(H,25,26)(H,27,28). The molecule has 2 aromatic carbocycles.